The fourth-order valence-corrected chi connectivity index (χ4v) is 3.81. The van der Waals surface area contributed by atoms with Crippen molar-refractivity contribution in [2.45, 2.75) is 36.9 Å². The Bertz CT molecular complexity index is 906. The SMILES string of the molecule is C[C@@H](NC(=O)CSc1nnc(C2CC2)n1-c1ccccc1)c1ccccc1. The van der Waals surface area contributed by atoms with Crippen molar-refractivity contribution in [1.29, 1.82) is 0 Å². The summed E-state index contributed by atoms with van der Waals surface area (Å²) in [6, 6.07) is 20.1. The summed E-state index contributed by atoms with van der Waals surface area (Å²) in [5, 5.41) is 12.6. The van der Waals surface area contributed by atoms with Gasteiger partial charge >= 0.3 is 0 Å². The number of thioether (sulfide) groups is 1. The summed E-state index contributed by atoms with van der Waals surface area (Å²) < 4.78 is 2.09. The minimum atomic E-state index is -0.0201. The molecule has 0 spiro atoms. The zero-order chi connectivity index (χ0) is 18.6. The maximum Gasteiger partial charge on any atom is 0.230 e. The molecular formula is C21H22N4OS. The lowest BCUT2D eigenvalue weighted by Crippen LogP contribution is -2.28. The van der Waals surface area contributed by atoms with Gasteiger partial charge in [0, 0.05) is 11.6 Å². The minimum absolute atomic E-state index is 0.00747. The van der Waals surface area contributed by atoms with Crippen LogP contribution in [0.3, 0.4) is 0 Å². The lowest BCUT2D eigenvalue weighted by Gasteiger charge is -2.14. The Morgan fingerprint density at radius 3 is 2.44 bits per heavy atom. The second-order valence-corrected chi connectivity index (χ2v) is 7.72. The first-order valence-corrected chi connectivity index (χ1v) is 10.2. The van der Waals surface area contributed by atoms with E-state index in [1.54, 1.807) is 0 Å². The maximum atomic E-state index is 12.4. The van der Waals surface area contributed by atoms with Gasteiger partial charge in [0.2, 0.25) is 5.91 Å². The van der Waals surface area contributed by atoms with Gasteiger partial charge in [-0.05, 0) is 37.5 Å². The third kappa shape index (κ3) is 4.22. The van der Waals surface area contributed by atoms with Crippen molar-refractivity contribution >= 4 is 17.7 Å². The third-order valence-electron chi connectivity index (χ3n) is 4.62. The highest BCUT2D eigenvalue weighted by molar-refractivity contribution is 7.99. The lowest BCUT2D eigenvalue weighted by atomic mass is 10.1. The minimum Gasteiger partial charge on any atom is -0.349 e. The van der Waals surface area contributed by atoms with Gasteiger partial charge in [0.25, 0.3) is 0 Å². The Kier molecular flexibility index (Phi) is 5.25. The molecule has 1 aliphatic rings. The van der Waals surface area contributed by atoms with Crippen LogP contribution in [0.15, 0.2) is 65.8 Å². The summed E-state index contributed by atoms with van der Waals surface area (Å²) in [6.07, 6.45) is 2.31. The number of para-hydroxylation sites is 1. The summed E-state index contributed by atoms with van der Waals surface area (Å²) in [7, 11) is 0. The summed E-state index contributed by atoms with van der Waals surface area (Å²) in [5.74, 6) is 1.79. The smallest absolute Gasteiger partial charge is 0.230 e. The monoisotopic (exact) mass is 378 g/mol. The molecule has 2 aromatic carbocycles. The van der Waals surface area contributed by atoms with E-state index in [4.69, 9.17) is 0 Å². The molecule has 6 heteroatoms. The fraction of sp³-hybridized carbons (Fsp3) is 0.286. The summed E-state index contributed by atoms with van der Waals surface area (Å²) in [6.45, 7) is 2.00. The first kappa shape index (κ1) is 17.8. The van der Waals surface area contributed by atoms with Crippen LogP contribution in [0, 0.1) is 0 Å². The Labute approximate surface area is 163 Å². The van der Waals surface area contributed by atoms with Crippen LogP contribution in [0.25, 0.3) is 5.69 Å². The zero-order valence-electron chi connectivity index (χ0n) is 15.2. The summed E-state index contributed by atoms with van der Waals surface area (Å²) >= 11 is 1.43. The normalized spacial score (nSPS) is 14.7. The Balaban J connectivity index is 1.45. The van der Waals surface area contributed by atoms with Crippen LogP contribution < -0.4 is 5.32 Å². The highest BCUT2D eigenvalue weighted by Gasteiger charge is 2.31. The average Bonchev–Trinajstić information content (AvgIpc) is 3.47. The van der Waals surface area contributed by atoms with Gasteiger partial charge in [-0.15, -0.1) is 10.2 Å². The standard InChI is InChI=1S/C21H22N4OS/c1-15(16-8-4-2-5-9-16)22-19(26)14-27-21-24-23-20(17-12-13-17)25(21)18-10-6-3-7-11-18/h2-11,15,17H,12-14H2,1H3,(H,22,26)/t15-/m1/s1. The number of hydrogen-bond donors (Lipinski definition) is 1. The largest absolute Gasteiger partial charge is 0.349 e. The molecular weight excluding hydrogens is 356 g/mol. The van der Waals surface area contributed by atoms with Crippen molar-refractivity contribution in [2.24, 2.45) is 0 Å². The molecule has 1 aromatic heterocycles. The van der Waals surface area contributed by atoms with Crippen molar-refractivity contribution < 1.29 is 4.79 Å². The van der Waals surface area contributed by atoms with E-state index in [0.717, 1.165) is 35.1 Å². The van der Waals surface area contributed by atoms with Crippen LogP contribution in [-0.2, 0) is 4.79 Å². The van der Waals surface area contributed by atoms with E-state index in [-0.39, 0.29) is 11.9 Å². The fourth-order valence-electron chi connectivity index (χ4n) is 3.04. The number of carbonyl (C=O) groups excluding carboxylic acids is 1. The van der Waals surface area contributed by atoms with E-state index in [0.29, 0.717) is 11.7 Å². The molecule has 27 heavy (non-hydrogen) atoms. The highest BCUT2D eigenvalue weighted by Crippen LogP contribution is 2.41. The molecule has 1 saturated carbocycles. The van der Waals surface area contributed by atoms with Gasteiger partial charge in [-0.2, -0.15) is 0 Å². The van der Waals surface area contributed by atoms with Crippen molar-refractivity contribution in [2.75, 3.05) is 5.75 Å². The van der Waals surface area contributed by atoms with E-state index >= 15 is 0 Å². The first-order chi connectivity index (χ1) is 13.2. The number of nitrogens with zero attached hydrogens (tertiary/aromatic N) is 3. The predicted molar refractivity (Wildman–Crippen MR) is 107 cm³/mol. The van der Waals surface area contributed by atoms with E-state index in [1.807, 2.05) is 55.5 Å². The molecule has 1 amide bonds. The molecule has 0 unspecified atom stereocenters. The van der Waals surface area contributed by atoms with Gasteiger partial charge in [0.05, 0.1) is 11.8 Å². The summed E-state index contributed by atoms with van der Waals surface area (Å²) in [4.78, 5) is 12.4. The molecule has 0 radical (unpaired) electrons. The zero-order valence-corrected chi connectivity index (χ0v) is 16.0. The molecule has 1 fully saturated rings. The molecule has 1 aliphatic carbocycles. The Morgan fingerprint density at radius 2 is 1.78 bits per heavy atom. The number of hydrogen-bond acceptors (Lipinski definition) is 4. The lowest BCUT2D eigenvalue weighted by molar-refractivity contribution is -0.119. The molecule has 1 atom stereocenters. The molecule has 0 saturated heterocycles. The topological polar surface area (TPSA) is 59.8 Å². The van der Waals surface area contributed by atoms with Crippen LogP contribution in [0.1, 0.15) is 43.1 Å². The van der Waals surface area contributed by atoms with Crippen LogP contribution >= 0.6 is 11.8 Å². The predicted octanol–water partition coefficient (Wildman–Crippen LogP) is 4.11. The van der Waals surface area contributed by atoms with Crippen molar-refractivity contribution in [3.8, 4) is 5.69 Å². The first-order valence-electron chi connectivity index (χ1n) is 9.20. The number of amides is 1. The van der Waals surface area contributed by atoms with Gasteiger partial charge < -0.3 is 5.32 Å². The van der Waals surface area contributed by atoms with Gasteiger partial charge in [-0.25, -0.2) is 0 Å². The van der Waals surface area contributed by atoms with Gasteiger partial charge in [-0.3, -0.25) is 9.36 Å². The van der Waals surface area contributed by atoms with E-state index in [1.165, 1.54) is 11.8 Å². The number of rotatable bonds is 7. The van der Waals surface area contributed by atoms with Gasteiger partial charge in [-0.1, -0.05) is 60.3 Å². The van der Waals surface area contributed by atoms with Crippen LogP contribution in [0.2, 0.25) is 0 Å². The molecule has 5 nitrogen and oxygen atoms in total. The van der Waals surface area contributed by atoms with Gasteiger partial charge in [0.1, 0.15) is 5.82 Å². The molecule has 0 aliphatic heterocycles. The van der Waals surface area contributed by atoms with E-state index < -0.39 is 0 Å². The van der Waals surface area contributed by atoms with Crippen molar-refractivity contribution in [1.82, 2.24) is 20.1 Å². The molecule has 1 N–H and O–H groups in total. The van der Waals surface area contributed by atoms with Crippen LogP contribution in [0.4, 0.5) is 0 Å². The number of nitrogens with one attached hydrogen (secondary N) is 1. The van der Waals surface area contributed by atoms with E-state index in [9.17, 15) is 4.79 Å². The van der Waals surface area contributed by atoms with Crippen LogP contribution in [0.5, 0.6) is 0 Å². The molecule has 3 aromatic rings. The van der Waals surface area contributed by atoms with Gasteiger partial charge in [0.15, 0.2) is 5.16 Å². The molecule has 1 heterocycles. The van der Waals surface area contributed by atoms with E-state index in [2.05, 4.69) is 32.2 Å². The second-order valence-electron chi connectivity index (χ2n) is 6.77. The number of aromatic nitrogens is 3. The molecule has 0 bridgehead atoms. The summed E-state index contributed by atoms with van der Waals surface area (Å²) in [5.41, 5.74) is 2.14. The number of carbonyl (C=O) groups is 1. The second kappa shape index (κ2) is 7.96. The molecule has 4 rings (SSSR count). The Morgan fingerprint density at radius 1 is 1.11 bits per heavy atom. The van der Waals surface area contributed by atoms with Crippen molar-refractivity contribution in [3.63, 3.8) is 0 Å². The molecule has 138 valence electrons. The quantitative estimate of drug-likeness (QED) is 0.629. The van der Waals surface area contributed by atoms with Crippen molar-refractivity contribution in [3.05, 3.63) is 72.1 Å². The third-order valence-corrected chi connectivity index (χ3v) is 5.55. The average molecular weight is 379 g/mol. The van der Waals surface area contributed by atoms with Crippen LogP contribution in [-0.4, -0.2) is 26.4 Å². The highest BCUT2D eigenvalue weighted by atomic mass is 32.2. The number of benzene rings is 2. The Hall–Kier alpha value is -2.60. The maximum absolute atomic E-state index is 12.4.